The fourth-order valence-corrected chi connectivity index (χ4v) is 2.13. The van der Waals surface area contributed by atoms with Gasteiger partial charge in [-0.3, -0.25) is 0 Å². The Morgan fingerprint density at radius 2 is 2.35 bits per heavy atom. The van der Waals surface area contributed by atoms with Crippen molar-refractivity contribution in [2.75, 3.05) is 37.5 Å². The van der Waals surface area contributed by atoms with Gasteiger partial charge in [0, 0.05) is 27.2 Å². The first-order valence-electron chi connectivity index (χ1n) is 6.27. The van der Waals surface area contributed by atoms with Crippen LogP contribution in [0, 0.1) is 0 Å². The maximum absolute atomic E-state index is 5.74. The highest BCUT2D eigenvalue weighted by atomic mass is 16.5. The summed E-state index contributed by atoms with van der Waals surface area (Å²) in [5.41, 5.74) is 0. The van der Waals surface area contributed by atoms with E-state index in [1.54, 1.807) is 0 Å². The molecule has 1 aromatic rings. The van der Waals surface area contributed by atoms with Gasteiger partial charge in [0.1, 0.15) is 11.6 Å². The molecule has 0 amide bonds. The lowest BCUT2D eigenvalue weighted by atomic mass is 10.1. The molecular formula is C13H21N3O. The minimum atomic E-state index is 0.355. The summed E-state index contributed by atoms with van der Waals surface area (Å²) in [6.45, 7) is 1.82. The van der Waals surface area contributed by atoms with E-state index in [1.807, 2.05) is 25.2 Å². The maximum atomic E-state index is 5.74. The van der Waals surface area contributed by atoms with Crippen LogP contribution in [-0.4, -0.2) is 38.3 Å². The van der Waals surface area contributed by atoms with Crippen molar-refractivity contribution in [1.29, 1.82) is 0 Å². The number of hydrogen-bond acceptors (Lipinski definition) is 4. The molecule has 1 aromatic heterocycles. The Morgan fingerprint density at radius 1 is 1.47 bits per heavy atom. The number of ether oxygens (including phenoxy) is 1. The standard InChI is InChI=1S/C13H21N3O/c1-14-12-7-5-8-13(15-12)16(2)10-11-6-3-4-9-17-11/h5,7-8,11H,3-4,6,9-10H2,1-2H3,(H,14,15). The third-order valence-corrected chi connectivity index (χ3v) is 3.13. The molecule has 94 valence electrons. The molecule has 1 aliphatic rings. The Labute approximate surface area is 103 Å². The molecule has 1 saturated heterocycles. The van der Waals surface area contributed by atoms with Gasteiger partial charge in [-0.1, -0.05) is 6.07 Å². The molecule has 1 atom stereocenters. The zero-order valence-electron chi connectivity index (χ0n) is 10.6. The lowest BCUT2D eigenvalue weighted by molar-refractivity contribution is 0.0215. The van der Waals surface area contributed by atoms with Gasteiger partial charge in [0.15, 0.2) is 0 Å². The van der Waals surface area contributed by atoms with Gasteiger partial charge in [-0.05, 0) is 31.4 Å². The van der Waals surface area contributed by atoms with Crippen LogP contribution in [0.3, 0.4) is 0 Å². The van der Waals surface area contributed by atoms with Gasteiger partial charge in [-0.25, -0.2) is 4.98 Å². The molecule has 1 N–H and O–H groups in total. The Balaban J connectivity index is 1.95. The second-order valence-corrected chi connectivity index (χ2v) is 4.50. The zero-order chi connectivity index (χ0) is 12.1. The molecule has 4 nitrogen and oxygen atoms in total. The van der Waals surface area contributed by atoms with Crippen LogP contribution in [-0.2, 0) is 4.74 Å². The molecule has 0 radical (unpaired) electrons. The maximum Gasteiger partial charge on any atom is 0.130 e. The SMILES string of the molecule is CNc1cccc(N(C)CC2CCCCO2)n1. The van der Waals surface area contributed by atoms with Crippen molar-refractivity contribution in [3.05, 3.63) is 18.2 Å². The molecule has 0 aliphatic carbocycles. The minimum Gasteiger partial charge on any atom is -0.376 e. The molecule has 2 rings (SSSR count). The van der Waals surface area contributed by atoms with Crippen molar-refractivity contribution in [3.63, 3.8) is 0 Å². The second-order valence-electron chi connectivity index (χ2n) is 4.50. The van der Waals surface area contributed by atoms with Crippen LogP contribution in [0.1, 0.15) is 19.3 Å². The van der Waals surface area contributed by atoms with Crippen LogP contribution in [0.25, 0.3) is 0 Å². The Bertz CT molecular complexity index is 350. The molecule has 2 heterocycles. The lowest BCUT2D eigenvalue weighted by Gasteiger charge is -2.28. The summed E-state index contributed by atoms with van der Waals surface area (Å²) in [4.78, 5) is 6.68. The molecule has 0 bridgehead atoms. The predicted molar refractivity (Wildman–Crippen MR) is 70.6 cm³/mol. The largest absolute Gasteiger partial charge is 0.376 e. The number of anilines is 2. The quantitative estimate of drug-likeness (QED) is 0.867. The third kappa shape index (κ3) is 3.33. The summed E-state index contributed by atoms with van der Waals surface area (Å²) in [6.07, 6.45) is 4.00. The van der Waals surface area contributed by atoms with E-state index < -0.39 is 0 Å². The van der Waals surface area contributed by atoms with E-state index in [0.717, 1.165) is 31.2 Å². The van der Waals surface area contributed by atoms with E-state index in [4.69, 9.17) is 4.74 Å². The molecule has 1 aliphatic heterocycles. The fraction of sp³-hybridized carbons (Fsp3) is 0.615. The van der Waals surface area contributed by atoms with Crippen molar-refractivity contribution >= 4 is 11.6 Å². The van der Waals surface area contributed by atoms with E-state index in [-0.39, 0.29) is 0 Å². The summed E-state index contributed by atoms with van der Waals surface area (Å²) >= 11 is 0. The molecular weight excluding hydrogens is 214 g/mol. The normalized spacial score (nSPS) is 20.0. The average Bonchev–Trinajstić information content (AvgIpc) is 2.40. The highest BCUT2D eigenvalue weighted by molar-refractivity contribution is 5.46. The van der Waals surface area contributed by atoms with E-state index in [0.29, 0.717) is 6.10 Å². The smallest absolute Gasteiger partial charge is 0.130 e. The van der Waals surface area contributed by atoms with Crippen LogP contribution in [0.15, 0.2) is 18.2 Å². The zero-order valence-corrected chi connectivity index (χ0v) is 10.6. The van der Waals surface area contributed by atoms with Crippen molar-refractivity contribution in [1.82, 2.24) is 4.98 Å². The minimum absolute atomic E-state index is 0.355. The Morgan fingerprint density at radius 3 is 3.06 bits per heavy atom. The molecule has 4 heteroatoms. The van der Waals surface area contributed by atoms with E-state index in [1.165, 1.54) is 12.8 Å². The lowest BCUT2D eigenvalue weighted by Crippen LogP contribution is -2.33. The topological polar surface area (TPSA) is 37.4 Å². The molecule has 1 fully saturated rings. The van der Waals surface area contributed by atoms with Crippen LogP contribution in [0.2, 0.25) is 0 Å². The van der Waals surface area contributed by atoms with Gasteiger partial charge in [0.05, 0.1) is 6.10 Å². The van der Waals surface area contributed by atoms with Crippen molar-refractivity contribution in [2.24, 2.45) is 0 Å². The number of likely N-dealkylation sites (N-methyl/N-ethyl adjacent to an activating group) is 1. The van der Waals surface area contributed by atoms with Crippen molar-refractivity contribution in [3.8, 4) is 0 Å². The highest BCUT2D eigenvalue weighted by Gasteiger charge is 2.16. The van der Waals surface area contributed by atoms with E-state index in [2.05, 4.69) is 22.2 Å². The van der Waals surface area contributed by atoms with Crippen LogP contribution in [0.4, 0.5) is 11.6 Å². The summed E-state index contributed by atoms with van der Waals surface area (Å²) in [5, 5.41) is 3.06. The van der Waals surface area contributed by atoms with Crippen LogP contribution >= 0.6 is 0 Å². The molecule has 0 saturated carbocycles. The number of aromatic nitrogens is 1. The number of nitrogens with one attached hydrogen (secondary N) is 1. The fourth-order valence-electron chi connectivity index (χ4n) is 2.13. The molecule has 0 aromatic carbocycles. The van der Waals surface area contributed by atoms with Gasteiger partial charge in [-0.15, -0.1) is 0 Å². The van der Waals surface area contributed by atoms with Crippen LogP contribution < -0.4 is 10.2 Å². The van der Waals surface area contributed by atoms with Crippen LogP contribution in [0.5, 0.6) is 0 Å². The monoisotopic (exact) mass is 235 g/mol. The number of hydrogen-bond donors (Lipinski definition) is 1. The summed E-state index contributed by atoms with van der Waals surface area (Å²) in [7, 11) is 3.95. The first kappa shape index (κ1) is 12.2. The van der Waals surface area contributed by atoms with Gasteiger partial charge in [0.25, 0.3) is 0 Å². The third-order valence-electron chi connectivity index (χ3n) is 3.13. The van der Waals surface area contributed by atoms with Crippen molar-refractivity contribution in [2.45, 2.75) is 25.4 Å². The predicted octanol–water partition coefficient (Wildman–Crippen LogP) is 2.13. The number of pyridine rings is 1. The van der Waals surface area contributed by atoms with E-state index in [9.17, 15) is 0 Å². The summed E-state index contributed by atoms with van der Waals surface area (Å²) in [5.74, 6) is 1.89. The first-order chi connectivity index (χ1) is 8.29. The molecule has 17 heavy (non-hydrogen) atoms. The Hall–Kier alpha value is -1.29. The average molecular weight is 235 g/mol. The van der Waals surface area contributed by atoms with Gasteiger partial charge < -0.3 is 15.0 Å². The van der Waals surface area contributed by atoms with Gasteiger partial charge in [-0.2, -0.15) is 0 Å². The summed E-state index contributed by atoms with van der Waals surface area (Å²) < 4.78 is 5.74. The van der Waals surface area contributed by atoms with Gasteiger partial charge >= 0.3 is 0 Å². The van der Waals surface area contributed by atoms with Gasteiger partial charge in [0.2, 0.25) is 0 Å². The first-order valence-corrected chi connectivity index (χ1v) is 6.27. The number of nitrogens with zero attached hydrogens (tertiary/aromatic N) is 2. The molecule has 1 unspecified atom stereocenters. The Kier molecular flexibility index (Phi) is 4.20. The van der Waals surface area contributed by atoms with Crippen molar-refractivity contribution < 1.29 is 4.74 Å². The highest BCUT2D eigenvalue weighted by Crippen LogP contribution is 2.17. The molecule has 0 spiro atoms. The van der Waals surface area contributed by atoms with E-state index >= 15 is 0 Å². The summed E-state index contributed by atoms with van der Waals surface area (Å²) in [6, 6.07) is 6.02. The number of rotatable bonds is 4. The second kappa shape index (κ2) is 5.87.